The maximum atomic E-state index is 14.9. The van der Waals surface area contributed by atoms with Crippen molar-refractivity contribution in [3.05, 3.63) is 84.1 Å². The van der Waals surface area contributed by atoms with Crippen molar-refractivity contribution >= 4 is 31.9 Å². The molecule has 42 heavy (non-hydrogen) atoms. The first kappa shape index (κ1) is 30.3. The SMILES string of the molecule is COc1ccc(CN(C2CCN(C)CC2)S(=O)(=O)c2cn(S(=O)c3ccccc3)c3cccc(C(C)C)c23)c(OC)c1. The number of nitrogens with zero attached hydrogens (tertiary/aromatic N) is 3. The fraction of sp³-hybridized carbons (Fsp3) is 0.375. The van der Waals surface area contributed by atoms with Gasteiger partial charge in [0.05, 0.1) is 24.6 Å². The standard InChI is InChI=1S/C32H39N3O5S2/c1-23(2)28-12-9-13-29-32(28)31(22-34(29)41(36)27-10-7-6-8-11-27)42(37,38)35(25-16-18-33(3)19-17-25)21-24-14-15-26(39-4)20-30(24)40-5/h6-15,20,22-23,25H,16-19,21H2,1-5H3. The molecule has 1 aliphatic heterocycles. The largest absolute Gasteiger partial charge is 0.497 e. The number of aromatic nitrogens is 1. The molecule has 224 valence electrons. The van der Waals surface area contributed by atoms with Gasteiger partial charge in [0, 0.05) is 35.8 Å². The lowest BCUT2D eigenvalue weighted by Crippen LogP contribution is -2.46. The second-order valence-corrected chi connectivity index (χ2v) is 14.3. The first-order chi connectivity index (χ1) is 20.1. The molecule has 1 aliphatic rings. The molecule has 8 nitrogen and oxygen atoms in total. The lowest BCUT2D eigenvalue weighted by Gasteiger charge is -2.36. The van der Waals surface area contributed by atoms with Crippen LogP contribution in [0.15, 0.2) is 82.7 Å². The quantitative estimate of drug-likeness (QED) is 0.232. The molecule has 0 bridgehead atoms. The third kappa shape index (κ3) is 5.86. The number of rotatable bonds is 10. The third-order valence-electron chi connectivity index (χ3n) is 8.04. The van der Waals surface area contributed by atoms with E-state index in [0.29, 0.717) is 40.1 Å². The number of hydrogen-bond donors (Lipinski definition) is 0. The fourth-order valence-corrected chi connectivity index (χ4v) is 8.78. The molecule has 1 unspecified atom stereocenters. The van der Waals surface area contributed by atoms with Crippen LogP contribution >= 0.6 is 0 Å². The van der Waals surface area contributed by atoms with Gasteiger partial charge in [-0.3, -0.25) is 3.97 Å². The maximum absolute atomic E-state index is 14.9. The number of piperidine rings is 1. The van der Waals surface area contributed by atoms with Crippen molar-refractivity contribution in [1.82, 2.24) is 13.2 Å². The molecule has 1 fully saturated rings. The monoisotopic (exact) mass is 609 g/mol. The van der Waals surface area contributed by atoms with Crippen LogP contribution in [0, 0.1) is 0 Å². The van der Waals surface area contributed by atoms with E-state index in [1.54, 1.807) is 46.9 Å². The van der Waals surface area contributed by atoms with Crippen molar-refractivity contribution in [2.24, 2.45) is 0 Å². The number of hydrogen-bond acceptors (Lipinski definition) is 6. The summed E-state index contributed by atoms with van der Waals surface area (Å²) < 4.78 is 58.0. The molecule has 5 rings (SSSR count). The van der Waals surface area contributed by atoms with Gasteiger partial charge in [0.25, 0.3) is 0 Å². The van der Waals surface area contributed by atoms with Crippen LogP contribution in [-0.4, -0.2) is 66.2 Å². The van der Waals surface area contributed by atoms with Crippen molar-refractivity contribution < 1.29 is 22.1 Å². The van der Waals surface area contributed by atoms with E-state index in [1.165, 1.54) is 0 Å². The molecular weight excluding hydrogens is 571 g/mol. The van der Waals surface area contributed by atoms with E-state index in [9.17, 15) is 12.6 Å². The van der Waals surface area contributed by atoms with Crippen LogP contribution in [-0.2, 0) is 27.6 Å². The van der Waals surface area contributed by atoms with Gasteiger partial charge in [-0.05, 0) is 68.7 Å². The van der Waals surface area contributed by atoms with E-state index >= 15 is 0 Å². The second-order valence-electron chi connectivity index (χ2n) is 11.0. The van der Waals surface area contributed by atoms with Crippen LogP contribution in [0.3, 0.4) is 0 Å². The predicted molar refractivity (Wildman–Crippen MR) is 167 cm³/mol. The average molecular weight is 610 g/mol. The summed E-state index contributed by atoms with van der Waals surface area (Å²) in [5.41, 5.74) is 2.29. The van der Waals surface area contributed by atoms with Gasteiger partial charge in [-0.2, -0.15) is 4.31 Å². The number of benzene rings is 3. The molecule has 3 aromatic carbocycles. The van der Waals surface area contributed by atoms with Crippen molar-refractivity contribution in [3.8, 4) is 11.5 Å². The molecule has 10 heteroatoms. The van der Waals surface area contributed by atoms with E-state index in [2.05, 4.69) is 11.9 Å². The summed E-state index contributed by atoms with van der Waals surface area (Å²) >= 11 is 0. The molecule has 1 aromatic heterocycles. The molecular formula is C32H39N3O5S2. The molecule has 1 saturated heterocycles. The van der Waals surface area contributed by atoms with Gasteiger partial charge in [-0.25, -0.2) is 12.6 Å². The Morgan fingerprint density at radius 1 is 0.976 bits per heavy atom. The number of sulfonamides is 1. The van der Waals surface area contributed by atoms with Crippen LogP contribution in [0.2, 0.25) is 0 Å². The summed E-state index contributed by atoms with van der Waals surface area (Å²) in [6.45, 7) is 5.84. The third-order valence-corrected chi connectivity index (χ3v) is 11.3. The lowest BCUT2D eigenvalue weighted by atomic mass is 9.99. The van der Waals surface area contributed by atoms with Gasteiger partial charge < -0.3 is 14.4 Å². The highest BCUT2D eigenvalue weighted by Gasteiger charge is 2.37. The Labute approximate surface area is 251 Å². The molecule has 0 aliphatic carbocycles. The van der Waals surface area contributed by atoms with E-state index in [0.717, 1.165) is 24.2 Å². The van der Waals surface area contributed by atoms with Crippen LogP contribution < -0.4 is 9.47 Å². The first-order valence-electron chi connectivity index (χ1n) is 14.2. The molecule has 0 amide bonds. The molecule has 0 radical (unpaired) electrons. The Kier molecular flexibility index (Phi) is 9.08. The first-order valence-corrected chi connectivity index (χ1v) is 16.7. The number of ether oxygens (including phenoxy) is 2. The smallest absolute Gasteiger partial charge is 0.245 e. The Morgan fingerprint density at radius 3 is 2.33 bits per heavy atom. The highest BCUT2D eigenvalue weighted by molar-refractivity contribution is 7.89. The van der Waals surface area contributed by atoms with E-state index < -0.39 is 21.0 Å². The van der Waals surface area contributed by atoms with Gasteiger partial charge in [0.15, 0.2) is 11.0 Å². The van der Waals surface area contributed by atoms with Crippen LogP contribution in [0.1, 0.15) is 43.7 Å². The van der Waals surface area contributed by atoms with Crippen LogP contribution in [0.25, 0.3) is 10.9 Å². The van der Waals surface area contributed by atoms with Crippen molar-refractivity contribution in [2.75, 3.05) is 34.4 Å². The van der Waals surface area contributed by atoms with Crippen LogP contribution in [0.4, 0.5) is 0 Å². The summed E-state index contributed by atoms with van der Waals surface area (Å²) in [7, 11) is -0.470. The van der Waals surface area contributed by atoms with Gasteiger partial charge in [0.1, 0.15) is 16.4 Å². The van der Waals surface area contributed by atoms with Crippen molar-refractivity contribution in [1.29, 1.82) is 0 Å². The lowest BCUT2D eigenvalue weighted by molar-refractivity contribution is 0.178. The maximum Gasteiger partial charge on any atom is 0.245 e. The Bertz CT molecular complexity index is 1680. The zero-order chi connectivity index (χ0) is 30.0. The van der Waals surface area contributed by atoms with Gasteiger partial charge in [-0.1, -0.05) is 50.2 Å². The summed E-state index contributed by atoms with van der Waals surface area (Å²) in [6.07, 6.45) is 2.99. The second kappa shape index (κ2) is 12.6. The number of likely N-dealkylation sites (tertiary alicyclic amines) is 1. The molecule has 1 atom stereocenters. The Balaban J connectivity index is 1.69. The number of fused-ring (bicyclic) bond motifs is 1. The number of methoxy groups -OCH3 is 2. The summed E-state index contributed by atoms with van der Waals surface area (Å²) in [6, 6.07) is 20.1. The Morgan fingerprint density at radius 2 is 1.69 bits per heavy atom. The molecule has 0 saturated carbocycles. The summed E-state index contributed by atoms with van der Waals surface area (Å²) in [5.74, 6) is 1.26. The molecule has 2 heterocycles. The van der Waals surface area contributed by atoms with Crippen molar-refractivity contribution in [2.45, 2.75) is 55.0 Å². The highest BCUT2D eigenvalue weighted by atomic mass is 32.2. The predicted octanol–water partition coefficient (Wildman–Crippen LogP) is 5.64. The van der Waals surface area contributed by atoms with Gasteiger partial charge >= 0.3 is 0 Å². The van der Waals surface area contributed by atoms with E-state index in [4.69, 9.17) is 9.47 Å². The molecule has 4 aromatic rings. The minimum absolute atomic E-state index is 0.0575. The minimum Gasteiger partial charge on any atom is -0.497 e. The summed E-state index contributed by atoms with van der Waals surface area (Å²) in [5, 5.41) is 0.622. The molecule has 0 spiro atoms. The zero-order valence-corrected chi connectivity index (χ0v) is 26.5. The van der Waals surface area contributed by atoms with Crippen LogP contribution in [0.5, 0.6) is 11.5 Å². The average Bonchev–Trinajstić information content (AvgIpc) is 3.41. The normalized spacial score (nSPS) is 15.9. The topological polar surface area (TPSA) is 81.1 Å². The minimum atomic E-state index is -4.06. The highest BCUT2D eigenvalue weighted by Crippen LogP contribution is 2.38. The summed E-state index contributed by atoms with van der Waals surface area (Å²) in [4.78, 5) is 3.00. The van der Waals surface area contributed by atoms with Crippen molar-refractivity contribution in [3.63, 3.8) is 0 Å². The van der Waals surface area contributed by atoms with Gasteiger partial charge in [0.2, 0.25) is 10.0 Å². The molecule has 0 N–H and O–H groups in total. The fourth-order valence-electron chi connectivity index (χ4n) is 5.68. The zero-order valence-electron chi connectivity index (χ0n) is 24.8. The van der Waals surface area contributed by atoms with E-state index in [-0.39, 0.29) is 23.4 Å². The van der Waals surface area contributed by atoms with E-state index in [1.807, 2.05) is 62.4 Å². The van der Waals surface area contributed by atoms with Gasteiger partial charge in [-0.15, -0.1) is 0 Å². The Hall–Kier alpha value is -3.18.